The van der Waals surface area contributed by atoms with Crippen molar-refractivity contribution in [3.63, 3.8) is 0 Å². The number of thioether (sulfide) groups is 1. The van der Waals surface area contributed by atoms with Crippen LogP contribution in [0.4, 0.5) is 0 Å². The van der Waals surface area contributed by atoms with Crippen molar-refractivity contribution >= 4 is 11.8 Å². The molecule has 20 heavy (non-hydrogen) atoms. The van der Waals surface area contributed by atoms with Gasteiger partial charge < -0.3 is 10.1 Å². The molecule has 1 N–H and O–H groups in total. The van der Waals surface area contributed by atoms with Gasteiger partial charge in [-0.25, -0.2) is 0 Å². The smallest absolute Gasteiger partial charge is 0.0594 e. The number of hydrogen-bond acceptors (Lipinski definition) is 4. The van der Waals surface area contributed by atoms with E-state index in [0.29, 0.717) is 12.1 Å². The second-order valence-corrected chi connectivity index (χ2v) is 6.23. The number of morpholine rings is 1. The second kappa shape index (κ2) is 8.67. The number of benzene rings is 1. The van der Waals surface area contributed by atoms with Gasteiger partial charge in [-0.3, -0.25) is 4.90 Å². The van der Waals surface area contributed by atoms with Gasteiger partial charge in [-0.05, 0) is 18.7 Å². The maximum absolute atomic E-state index is 5.42. The van der Waals surface area contributed by atoms with E-state index in [0.717, 1.165) is 38.6 Å². The van der Waals surface area contributed by atoms with Crippen LogP contribution in [0.1, 0.15) is 18.5 Å². The van der Waals surface area contributed by atoms with Gasteiger partial charge in [0.1, 0.15) is 0 Å². The predicted octanol–water partition coefficient (Wildman–Crippen LogP) is 2.40. The Kier molecular flexibility index (Phi) is 6.87. The summed E-state index contributed by atoms with van der Waals surface area (Å²) in [6, 6.07) is 11.8. The zero-order chi connectivity index (χ0) is 14.2. The van der Waals surface area contributed by atoms with Crippen LogP contribution in [0, 0.1) is 0 Å². The van der Waals surface area contributed by atoms with Crippen LogP contribution >= 0.6 is 11.8 Å². The summed E-state index contributed by atoms with van der Waals surface area (Å²) in [6.45, 7) is 7.19. The number of rotatable bonds is 7. The highest BCUT2D eigenvalue weighted by atomic mass is 32.2. The maximum atomic E-state index is 5.42. The van der Waals surface area contributed by atoms with E-state index in [4.69, 9.17) is 4.74 Å². The fourth-order valence-corrected chi connectivity index (χ4v) is 3.23. The zero-order valence-electron chi connectivity index (χ0n) is 12.5. The molecule has 0 aliphatic carbocycles. The molecule has 1 fully saturated rings. The molecule has 2 atom stereocenters. The Morgan fingerprint density at radius 3 is 2.60 bits per heavy atom. The number of nitrogens with zero attached hydrogens (tertiary/aromatic N) is 1. The molecule has 0 radical (unpaired) electrons. The number of hydrogen-bond donors (Lipinski definition) is 1. The molecule has 1 aromatic carbocycles. The molecule has 1 heterocycles. The van der Waals surface area contributed by atoms with Crippen molar-refractivity contribution in [2.75, 3.05) is 44.9 Å². The first-order chi connectivity index (χ1) is 9.81. The summed E-state index contributed by atoms with van der Waals surface area (Å²) >= 11 is 1.90. The Hall–Kier alpha value is -0.550. The van der Waals surface area contributed by atoms with Crippen molar-refractivity contribution in [1.29, 1.82) is 0 Å². The lowest BCUT2D eigenvalue weighted by Crippen LogP contribution is -2.47. The monoisotopic (exact) mass is 294 g/mol. The Morgan fingerprint density at radius 2 is 1.95 bits per heavy atom. The predicted molar refractivity (Wildman–Crippen MR) is 87.4 cm³/mol. The standard InChI is InChI=1S/C16H26N2OS/c1-14(18-8-10-19-11-9-18)12-17-16(13-20-2)15-6-4-3-5-7-15/h3-7,14,16-17H,8-13H2,1-2H3/t14-,16-/m0/s1. The summed E-state index contributed by atoms with van der Waals surface area (Å²) in [5, 5.41) is 3.73. The largest absolute Gasteiger partial charge is 0.379 e. The summed E-state index contributed by atoms with van der Waals surface area (Å²) in [4.78, 5) is 2.51. The van der Waals surface area contributed by atoms with E-state index < -0.39 is 0 Å². The molecule has 0 aromatic heterocycles. The highest BCUT2D eigenvalue weighted by molar-refractivity contribution is 7.98. The molecule has 1 aliphatic heterocycles. The molecule has 0 spiro atoms. The first-order valence-corrected chi connectivity index (χ1v) is 8.79. The van der Waals surface area contributed by atoms with Gasteiger partial charge in [0.2, 0.25) is 0 Å². The van der Waals surface area contributed by atoms with Gasteiger partial charge in [-0.15, -0.1) is 0 Å². The molecule has 2 rings (SSSR count). The van der Waals surface area contributed by atoms with Crippen molar-refractivity contribution in [2.24, 2.45) is 0 Å². The summed E-state index contributed by atoms with van der Waals surface area (Å²) in [5.74, 6) is 1.11. The van der Waals surface area contributed by atoms with E-state index in [9.17, 15) is 0 Å². The quantitative estimate of drug-likeness (QED) is 0.834. The Labute approximate surface area is 127 Å². The molecule has 0 unspecified atom stereocenters. The Bertz CT molecular complexity index is 368. The highest BCUT2D eigenvalue weighted by Crippen LogP contribution is 2.17. The molecule has 0 amide bonds. The molecule has 112 valence electrons. The SMILES string of the molecule is CSC[C@H](NC[C@H](C)N1CCOCC1)c1ccccc1. The fraction of sp³-hybridized carbons (Fsp3) is 0.625. The molecule has 1 aromatic rings. The van der Waals surface area contributed by atoms with Gasteiger partial charge in [0.05, 0.1) is 13.2 Å². The minimum Gasteiger partial charge on any atom is -0.379 e. The third-order valence-electron chi connectivity index (χ3n) is 3.86. The molecular weight excluding hydrogens is 268 g/mol. The zero-order valence-corrected chi connectivity index (χ0v) is 13.4. The molecule has 1 aliphatic rings. The lowest BCUT2D eigenvalue weighted by atomic mass is 10.1. The van der Waals surface area contributed by atoms with Crippen molar-refractivity contribution in [3.8, 4) is 0 Å². The van der Waals surface area contributed by atoms with Crippen molar-refractivity contribution in [1.82, 2.24) is 10.2 Å². The average molecular weight is 294 g/mol. The third kappa shape index (κ3) is 4.77. The third-order valence-corrected chi connectivity index (χ3v) is 4.53. The van der Waals surface area contributed by atoms with E-state index in [2.05, 4.69) is 53.7 Å². The number of ether oxygens (including phenoxy) is 1. The van der Waals surface area contributed by atoms with E-state index in [1.807, 2.05) is 11.8 Å². The van der Waals surface area contributed by atoms with Crippen LogP contribution in [0.3, 0.4) is 0 Å². The van der Waals surface area contributed by atoms with Gasteiger partial charge in [0.25, 0.3) is 0 Å². The minimum atomic E-state index is 0.440. The lowest BCUT2D eigenvalue weighted by molar-refractivity contribution is 0.0200. The first-order valence-electron chi connectivity index (χ1n) is 7.40. The molecule has 0 bridgehead atoms. The van der Waals surface area contributed by atoms with Crippen molar-refractivity contribution in [3.05, 3.63) is 35.9 Å². The second-order valence-electron chi connectivity index (χ2n) is 5.32. The van der Waals surface area contributed by atoms with Gasteiger partial charge in [-0.2, -0.15) is 11.8 Å². The van der Waals surface area contributed by atoms with Crippen LogP contribution in [-0.4, -0.2) is 55.8 Å². The van der Waals surface area contributed by atoms with Gasteiger partial charge in [0, 0.05) is 37.5 Å². The topological polar surface area (TPSA) is 24.5 Å². The summed E-state index contributed by atoms with van der Waals surface area (Å²) in [6.07, 6.45) is 2.17. The van der Waals surface area contributed by atoms with E-state index in [1.54, 1.807) is 0 Å². The van der Waals surface area contributed by atoms with Crippen molar-refractivity contribution in [2.45, 2.75) is 19.0 Å². The van der Waals surface area contributed by atoms with Crippen LogP contribution in [0.5, 0.6) is 0 Å². The lowest BCUT2D eigenvalue weighted by Gasteiger charge is -2.33. The molecule has 1 saturated heterocycles. The van der Waals surface area contributed by atoms with Crippen LogP contribution in [0.2, 0.25) is 0 Å². The fourth-order valence-electron chi connectivity index (χ4n) is 2.59. The Balaban J connectivity index is 1.85. The highest BCUT2D eigenvalue weighted by Gasteiger charge is 2.18. The van der Waals surface area contributed by atoms with Gasteiger partial charge in [-0.1, -0.05) is 30.3 Å². The van der Waals surface area contributed by atoms with E-state index >= 15 is 0 Å². The number of nitrogens with one attached hydrogen (secondary N) is 1. The summed E-state index contributed by atoms with van der Waals surface area (Å²) in [5.41, 5.74) is 1.39. The van der Waals surface area contributed by atoms with Crippen molar-refractivity contribution < 1.29 is 4.74 Å². The Morgan fingerprint density at radius 1 is 1.25 bits per heavy atom. The van der Waals surface area contributed by atoms with Crippen LogP contribution in [0.15, 0.2) is 30.3 Å². The average Bonchev–Trinajstić information content (AvgIpc) is 2.53. The normalized spacial score (nSPS) is 19.7. The van der Waals surface area contributed by atoms with Gasteiger partial charge in [0.15, 0.2) is 0 Å². The first kappa shape index (κ1) is 15.8. The molecule has 0 saturated carbocycles. The van der Waals surface area contributed by atoms with Crippen LogP contribution < -0.4 is 5.32 Å². The molecule has 4 heteroatoms. The van der Waals surface area contributed by atoms with Crippen LogP contribution in [-0.2, 0) is 4.74 Å². The minimum absolute atomic E-state index is 0.440. The molecule has 3 nitrogen and oxygen atoms in total. The summed E-state index contributed by atoms with van der Waals surface area (Å²) < 4.78 is 5.42. The summed E-state index contributed by atoms with van der Waals surface area (Å²) in [7, 11) is 0. The van der Waals surface area contributed by atoms with E-state index in [-0.39, 0.29) is 0 Å². The van der Waals surface area contributed by atoms with Gasteiger partial charge >= 0.3 is 0 Å². The van der Waals surface area contributed by atoms with Crippen LogP contribution in [0.25, 0.3) is 0 Å². The maximum Gasteiger partial charge on any atom is 0.0594 e. The molecular formula is C16H26N2OS. The van der Waals surface area contributed by atoms with E-state index in [1.165, 1.54) is 5.56 Å².